The summed E-state index contributed by atoms with van der Waals surface area (Å²) in [4.78, 5) is 11.7. The zero-order valence-corrected chi connectivity index (χ0v) is 11.9. The van der Waals surface area contributed by atoms with Crippen molar-refractivity contribution < 1.29 is 14.6 Å². The van der Waals surface area contributed by atoms with Gasteiger partial charge in [0.25, 0.3) is 5.91 Å². The molecule has 1 amide bonds. The van der Waals surface area contributed by atoms with Gasteiger partial charge in [-0.25, -0.2) is 0 Å². The number of phenols is 1. The molecule has 94 valence electrons. The number of phenolic OH excluding ortho intramolecular Hbond substituents is 1. The lowest BCUT2D eigenvalue weighted by Gasteiger charge is -2.06. The predicted octanol–water partition coefficient (Wildman–Crippen LogP) is 2.15. The molecule has 0 spiro atoms. The first-order valence-electron chi connectivity index (χ1n) is 5.41. The number of hydrogen-bond donors (Lipinski definition) is 2. The molecule has 0 aliphatic carbocycles. The molecule has 0 aromatic heterocycles. The van der Waals surface area contributed by atoms with E-state index >= 15 is 0 Å². The van der Waals surface area contributed by atoms with E-state index in [1.807, 2.05) is 22.6 Å². The average Bonchev–Trinajstić information content (AvgIpc) is 2.32. The quantitative estimate of drug-likeness (QED) is 0.611. The summed E-state index contributed by atoms with van der Waals surface area (Å²) < 4.78 is 5.65. The van der Waals surface area contributed by atoms with Crippen LogP contribution in [0.4, 0.5) is 0 Å². The number of unbranched alkanes of at least 4 members (excludes halogenated alkanes) is 1. The van der Waals surface area contributed by atoms with E-state index in [2.05, 4.69) is 5.32 Å². The van der Waals surface area contributed by atoms with Gasteiger partial charge in [0.05, 0.1) is 3.57 Å². The van der Waals surface area contributed by atoms with Gasteiger partial charge in [-0.1, -0.05) is 0 Å². The summed E-state index contributed by atoms with van der Waals surface area (Å²) in [5.41, 5.74) is 0.481. The Labute approximate surface area is 115 Å². The van der Waals surface area contributed by atoms with E-state index in [1.54, 1.807) is 19.2 Å². The molecule has 1 rings (SSSR count). The highest BCUT2D eigenvalue weighted by Crippen LogP contribution is 2.20. The molecule has 0 atom stereocenters. The van der Waals surface area contributed by atoms with Crippen LogP contribution in [-0.2, 0) is 4.74 Å². The third-order valence-electron chi connectivity index (χ3n) is 2.27. The van der Waals surface area contributed by atoms with Gasteiger partial charge in [-0.2, -0.15) is 0 Å². The number of benzene rings is 1. The monoisotopic (exact) mass is 349 g/mol. The maximum absolute atomic E-state index is 11.7. The van der Waals surface area contributed by atoms with E-state index < -0.39 is 0 Å². The molecule has 0 radical (unpaired) electrons. The van der Waals surface area contributed by atoms with Crippen LogP contribution in [-0.4, -0.2) is 31.3 Å². The minimum atomic E-state index is -0.158. The van der Waals surface area contributed by atoms with Crippen LogP contribution in [0.15, 0.2) is 18.2 Å². The topological polar surface area (TPSA) is 58.6 Å². The van der Waals surface area contributed by atoms with Crippen molar-refractivity contribution in [2.75, 3.05) is 20.3 Å². The number of carbonyl (C=O) groups is 1. The number of aromatic hydroxyl groups is 1. The van der Waals surface area contributed by atoms with Gasteiger partial charge in [0, 0.05) is 25.8 Å². The van der Waals surface area contributed by atoms with Gasteiger partial charge < -0.3 is 15.2 Å². The molecule has 1 aromatic rings. The first-order valence-corrected chi connectivity index (χ1v) is 6.48. The van der Waals surface area contributed by atoms with Crippen LogP contribution < -0.4 is 5.32 Å². The average molecular weight is 349 g/mol. The number of hydrogen-bond acceptors (Lipinski definition) is 3. The second kappa shape index (κ2) is 7.50. The van der Waals surface area contributed by atoms with Crippen LogP contribution in [0.3, 0.4) is 0 Å². The van der Waals surface area contributed by atoms with Crippen molar-refractivity contribution in [1.82, 2.24) is 5.32 Å². The second-order valence-corrected chi connectivity index (χ2v) is 4.78. The normalized spacial score (nSPS) is 10.2. The smallest absolute Gasteiger partial charge is 0.251 e. The third kappa shape index (κ3) is 4.91. The lowest BCUT2D eigenvalue weighted by molar-refractivity contribution is 0.0951. The fourth-order valence-electron chi connectivity index (χ4n) is 1.33. The van der Waals surface area contributed by atoms with Gasteiger partial charge >= 0.3 is 0 Å². The summed E-state index contributed by atoms with van der Waals surface area (Å²) in [6.45, 7) is 1.33. The molecule has 2 N–H and O–H groups in total. The van der Waals surface area contributed by atoms with E-state index in [-0.39, 0.29) is 11.7 Å². The van der Waals surface area contributed by atoms with Gasteiger partial charge in [-0.15, -0.1) is 0 Å². The molecule has 4 nitrogen and oxygen atoms in total. The van der Waals surface area contributed by atoms with Gasteiger partial charge in [0.15, 0.2) is 0 Å². The van der Waals surface area contributed by atoms with E-state index in [0.717, 1.165) is 16.4 Å². The van der Waals surface area contributed by atoms with Gasteiger partial charge in [-0.05, 0) is 53.6 Å². The summed E-state index contributed by atoms with van der Waals surface area (Å²) in [5.74, 6) is -0.0215. The fraction of sp³-hybridized carbons (Fsp3) is 0.417. The van der Waals surface area contributed by atoms with Crippen molar-refractivity contribution in [3.63, 3.8) is 0 Å². The standard InChI is InChI=1S/C12H16INO3/c1-17-7-3-2-6-14-12(16)9-4-5-10(13)11(15)8-9/h4-5,8,15H,2-3,6-7H2,1H3,(H,14,16). The number of ether oxygens (including phenoxy) is 1. The number of halogens is 1. The van der Waals surface area contributed by atoms with E-state index in [0.29, 0.717) is 18.7 Å². The molecule has 0 saturated carbocycles. The van der Waals surface area contributed by atoms with Crippen LogP contribution in [0, 0.1) is 3.57 Å². The molecule has 17 heavy (non-hydrogen) atoms. The Morgan fingerprint density at radius 2 is 2.24 bits per heavy atom. The minimum Gasteiger partial charge on any atom is -0.507 e. The van der Waals surface area contributed by atoms with Crippen molar-refractivity contribution in [1.29, 1.82) is 0 Å². The summed E-state index contributed by atoms with van der Waals surface area (Å²) in [5, 5.41) is 12.3. The van der Waals surface area contributed by atoms with E-state index in [4.69, 9.17) is 4.74 Å². The van der Waals surface area contributed by atoms with Crippen molar-refractivity contribution in [2.24, 2.45) is 0 Å². The zero-order valence-electron chi connectivity index (χ0n) is 9.70. The van der Waals surface area contributed by atoms with Crippen molar-refractivity contribution in [3.8, 4) is 5.75 Å². The molecule has 0 unspecified atom stereocenters. The number of nitrogens with one attached hydrogen (secondary N) is 1. The van der Waals surface area contributed by atoms with Crippen molar-refractivity contribution in [3.05, 3.63) is 27.3 Å². The molecule has 0 fully saturated rings. The van der Waals surface area contributed by atoms with Crippen molar-refractivity contribution in [2.45, 2.75) is 12.8 Å². The summed E-state index contributed by atoms with van der Waals surface area (Å²) >= 11 is 2.01. The Morgan fingerprint density at radius 1 is 1.47 bits per heavy atom. The van der Waals surface area contributed by atoms with Crippen molar-refractivity contribution >= 4 is 28.5 Å². The lowest BCUT2D eigenvalue weighted by Crippen LogP contribution is -2.24. The second-order valence-electron chi connectivity index (χ2n) is 3.62. The molecule has 0 heterocycles. The zero-order chi connectivity index (χ0) is 12.7. The molecular formula is C12H16INO3. The molecule has 5 heteroatoms. The summed E-state index contributed by atoms with van der Waals surface area (Å²) in [6.07, 6.45) is 1.81. The maximum atomic E-state index is 11.7. The number of methoxy groups -OCH3 is 1. The fourth-order valence-corrected chi connectivity index (χ4v) is 1.66. The number of rotatable bonds is 6. The molecule has 0 aliphatic heterocycles. The molecule has 0 aliphatic rings. The first-order chi connectivity index (χ1) is 8.15. The molecule has 1 aromatic carbocycles. The van der Waals surface area contributed by atoms with Crippen LogP contribution in [0.2, 0.25) is 0 Å². The Kier molecular flexibility index (Phi) is 6.28. The highest BCUT2D eigenvalue weighted by Gasteiger charge is 2.07. The van der Waals surface area contributed by atoms with Gasteiger partial charge in [0.1, 0.15) is 5.75 Å². The molecule has 0 bridgehead atoms. The minimum absolute atomic E-state index is 0.137. The van der Waals surface area contributed by atoms with E-state index in [9.17, 15) is 9.90 Å². The Morgan fingerprint density at radius 3 is 2.88 bits per heavy atom. The molecular weight excluding hydrogens is 333 g/mol. The predicted molar refractivity (Wildman–Crippen MR) is 74.3 cm³/mol. The highest BCUT2D eigenvalue weighted by atomic mass is 127. The largest absolute Gasteiger partial charge is 0.507 e. The van der Waals surface area contributed by atoms with E-state index in [1.165, 1.54) is 6.07 Å². The SMILES string of the molecule is COCCCCNC(=O)c1ccc(I)c(O)c1. The Balaban J connectivity index is 2.39. The third-order valence-corrected chi connectivity index (χ3v) is 3.18. The van der Waals surface area contributed by atoms with Crippen LogP contribution in [0.25, 0.3) is 0 Å². The van der Waals surface area contributed by atoms with Crippen LogP contribution in [0.1, 0.15) is 23.2 Å². The molecule has 0 saturated heterocycles. The Hall–Kier alpha value is -0.820. The summed E-state index contributed by atoms with van der Waals surface area (Å²) in [6, 6.07) is 4.90. The van der Waals surface area contributed by atoms with Crippen LogP contribution >= 0.6 is 22.6 Å². The van der Waals surface area contributed by atoms with Crippen LogP contribution in [0.5, 0.6) is 5.75 Å². The highest BCUT2D eigenvalue weighted by molar-refractivity contribution is 14.1. The maximum Gasteiger partial charge on any atom is 0.251 e. The summed E-state index contributed by atoms with van der Waals surface area (Å²) in [7, 11) is 1.66. The number of amides is 1. The Bertz CT molecular complexity index is 382. The van der Waals surface area contributed by atoms with Gasteiger partial charge in [-0.3, -0.25) is 4.79 Å². The number of carbonyl (C=O) groups excluding carboxylic acids is 1. The first kappa shape index (κ1) is 14.2. The lowest BCUT2D eigenvalue weighted by atomic mass is 10.2. The van der Waals surface area contributed by atoms with Gasteiger partial charge in [0.2, 0.25) is 0 Å².